The summed E-state index contributed by atoms with van der Waals surface area (Å²) in [5, 5.41) is 6.53. The van der Waals surface area contributed by atoms with Crippen LogP contribution in [0.25, 0.3) is 11.1 Å². The third kappa shape index (κ3) is 5.74. The highest BCUT2D eigenvalue weighted by Gasteiger charge is 2.45. The predicted molar refractivity (Wildman–Crippen MR) is 176 cm³/mol. The monoisotopic (exact) mass is 658 g/mol. The Kier molecular flexibility index (Phi) is 8.27. The molecule has 0 saturated carbocycles. The molecular weight excluding hydrogens is 619 g/mol. The molecule has 0 radical (unpaired) electrons. The summed E-state index contributed by atoms with van der Waals surface area (Å²) in [6, 6.07) is 5.43. The number of rotatable bonds is 7. The Bertz CT molecular complexity index is 1790. The molecular formula is C34H39FN8O5. The molecule has 2 aromatic carbocycles. The summed E-state index contributed by atoms with van der Waals surface area (Å²) in [6.45, 7) is 5.38. The number of aromatic nitrogens is 2. The maximum Gasteiger partial charge on any atom is 0.262 e. The maximum atomic E-state index is 15.4. The van der Waals surface area contributed by atoms with E-state index >= 15 is 4.39 Å². The molecule has 48 heavy (non-hydrogen) atoms. The second-order valence-corrected chi connectivity index (χ2v) is 13.0. The second kappa shape index (κ2) is 12.6. The van der Waals surface area contributed by atoms with Crippen molar-refractivity contribution in [3.05, 3.63) is 53.6 Å². The number of halogens is 1. The fourth-order valence-corrected chi connectivity index (χ4v) is 7.43. The second-order valence-electron chi connectivity index (χ2n) is 13.0. The van der Waals surface area contributed by atoms with E-state index in [-0.39, 0.29) is 29.7 Å². The van der Waals surface area contributed by atoms with E-state index in [9.17, 15) is 19.2 Å². The van der Waals surface area contributed by atoms with Crippen molar-refractivity contribution in [2.75, 3.05) is 68.5 Å². The summed E-state index contributed by atoms with van der Waals surface area (Å²) >= 11 is 0. The predicted octanol–water partition coefficient (Wildman–Crippen LogP) is 2.26. The number of nitrogens with zero attached hydrogens (tertiary/aromatic N) is 6. The topological polar surface area (TPSA) is 146 Å². The van der Waals surface area contributed by atoms with Crippen LogP contribution >= 0.6 is 0 Å². The van der Waals surface area contributed by atoms with Crippen LogP contribution in [0.2, 0.25) is 0 Å². The smallest absolute Gasteiger partial charge is 0.262 e. The zero-order valence-corrected chi connectivity index (χ0v) is 27.1. The Labute approximate surface area is 277 Å². The van der Waals surface area contributed by atoms with E-state index < -0.39 is 35.5 Å². The van der Waals surface area contributed by atoms with Crippen LogP contribution in [-0.4, -0.2) is 102 Å². The number of carbonyl (C=O) groups excluding carboxylic acids is 4. The third-order valence-electron chi connectivity index (χ3n) is 10.1. The molecule has 1 atom stereocenters. The summed E-state index contributed by atoms with van der Waals surface area (Å²) in [6.07, 6.45) is 5.96. The van der Waals surface area contributed by atoms with Crippen molar-refractivity contribution in [1.82, 2.24) is 24.9 Å². The maximum absolute atomic E-state index is 15.4. The molecule has 0 spiro atoms. The molecule has 1 unspecified atom stereocenters. The molecule has 3 saturated heterocycles. The average molecular weight is 659 g/mol. The number of carbonyl (C=O) groups is 4. The minimum absolute atomic E-state index is 0.0255. The van der Waals surface area contributed by atoms with Crippen molar-refractivity contribution in [3.8, 4) is 16.9 Å². The first-order valence-corrected chi connectivity index (χ1v) is 16.3. The molecule has 4 aliphatic rings. The summed E-state index contributed by atoms with van der Waals surface area (Å²) in [5.41, 5.74) is 10.3. The van der Waals surface area contributed by atoms with E-state index in [1.807, 2.05) is 36.5 Å². The lowest BCUT2D eigenvalue weighted by Crippen LogP contribution is -2.54. The lowest BCUT2D eigenvalue weighted by Gasteiger charge is -2.40. The summed E-state index contributed by atoms with van der Waals surface area (Å²) in [7, 11) is 3.52. The molecule has 4 amide bonds. The quantitative estimate of drug-likeness (QED) is 0.286. The van der Waals surface area contributed by atoms with Gasteiger partial charge in [0.15, 0.2) is 0 Å². The van der Waals surface area contributed by atoms with E-state index in [1.54, 1.807) is 11.8 Å². The number of imide groups is 2. The fourth-order valence-electron chi connectivity index (χ4n) is 7.43. The zero-order chi connectivity index (χ0) is 33.7. The molecule has 14 heteroatoms. The number of anilines is 3. The van der Waals surface area contributed by atoms with Gasteiger partial charge < -0.3 is 20.3 Å². The van der Waals surface area contributed by atoms with Gasteiger partial charge in [-0.25, -0.2) is 4.39 Å². The molecule has 0 bridgehead atoms. The van der Waals surface area contributed by atoms with Gasteiger partial charge in [-0.2, -0.15) is 5.10 Å². The minimum Gasteiger partial charge on any atom is -0.495 e. The number of hydrogen-bond donors (Lipinski definition) is 2. The number of nitrogen functional groups attached to an aromatic ring is 1. The average Bonchev–Trinajstić information content (AvgIpc) is 3.61. The van der Waals surface area contributed by atoms with E-state index in [1.165, 1.54) is 6.07 Å². The highest BCUT2D eigenvalue weighted by molar-refractivity contribution is 6.23. The lowest BCUT2D eigenvalue weighted by molar-refractivity contribution is -0.136. The molecule has 252 valence electrons. The lowest BCUT2D eigenvalue weighted by atomic mass is 9.94. The van der Waals surface area contributed by atoms with Crippen molar-refractivity contribution in [3.63, 3.8) is 0 Å². The number of amides is 4. The molecule has 3 N–H and O–H groups in total. The van der Waals surface area contributed by atoms with E-state index in [0.29, 0.717) is 30.4 Å². The summed E-state index contributed by atoms with van der Waals surface area (Å²) in [5.74, 6) is -1.89. The van der Waals surface area contributed by atoms with Crippen LogP contribution in [0.15, 0.2) is 36.7 Å². The van der Waals surface area contributed by atoms with Gasteiger partial charge in [0.05, 0.1) is 35.8 Å². The zero-order valence-electron chi connectivity index (χ0n) is 27.1. The molecule has 7 rings (SSSR count). The number of ether oxygens (including phenoxy) is 1. The number of hydrogen-bond acceptors (Lipinski definition) is 10. The Morgan fingerprint density at radius 1 is 0.896 bits per heavy atom. The Balaban J connectivity index is 0.965. The number of fused-ring (bicyclic) bond motifs is 1. The fraction of sp³-hybridized carbons (Fsp3) is 0.441. The number of nitrogens with two attached hydrogens (primary N) is 1. The van der Waals surface area contributed by atoms with Crippen LogP contribution in [0.3, 0.4) is 0 Å². The van der Waals surface area contributed by atoms with Crippen LogP contribution in [0, 0.1) is 11.7 Å². The number of methoxy groups -OCH3 is 1. The van der Waals surface area contributed by atoms with Crippen LogP contribution in [0.5, 0.6) is 5.75 Å². The van der Waals surface area contributed by atoms with Gasteiger partial charge in [-0.1, -0.05) is 0 Å². The van der Waals surface area contributed by atoms with E-state index in [4.69, 9.17) is 10.5 Å². The van der Waals surface area contributed by atoms with Gasteiger partial charge in [0.2, 0.25) is 11.8 Å². The van der Waals surface area contributed by atoms with Crippen LogP contribution < -0.4 is 25.6 Å². The first kappa shape index (κ1) is 31.6. The van der Waals surface area contributed by atoms with Crippen molar-refractivity contribution >= 4 is 40.7 Å². The number of aryl methyl sites for hydroxylation is 1. The minimum atomic E-state index is -1.09. The molecule has 0 aliphatic carbocycles. The van der Waals surface area contributed by atoms with Gasteiger partial charge in [0.1, 0.15) is 17.6 Å². The molecule has 3 fully saturated rings. The number of piperidine rings is 2. The Morgan fingerprint density at radius 3 is 2.23 bits per heavy atom. The van der Waals surface area contributed by atoms with Gasteiger partial charge in [-0.15, -0.1) is 0 Å². The van der Waals surface area contributed by atoms with E-state index in [2.05, 4.69) is 20.2 Å². The van der Waals surface area contributed by atoms with Gasteiger partial charge in [0, 0.05) is 88.4 Å². The van der Waals surface area contributed by atoms with Crippen molar-refractivity contribution in [2.24, 2.45) is 13.0 Å². The standard InChI is InChI=1S/C34H39FN8O5/c1-39-19-21(17-37-39)22-14-26(36)30(48-2)16-28(22)41-7-5-20(6-8-41)18-40-9-11-42(12-10-40)29-15-24-23(13-25(29)35)33(46)43(34(24)47)27-3-4-31(44)38-32(27)45/h13-17,19-20,27H,3-12,18,36H2,1-2H3,(H,38,44,45). The third-order valence-corrected chi connectivity index (χ3v) is 10.1. The van der Waals surface area contributed by atoms with Crippen molar-refractivity contribution in [2.45, 2.75) is 31.7 Å². The molecule has 13 nitrogen and oxygen atoms in total. The van der Waals surface area contributed by atoms with Crippen molar-refractivity contribution in [1.29, 1.82) is 0 Å². The normalized spacial score (nSPS) is 20.8. The highest BCUT2D eigenvalue weighted by Crippen LogP contribution is 2.40. The van der Waals surface area contributed by atoms with Crippen LogP contribution in [-0.2, 0) is 16.6 Å². The summed E-state index contributed by atoms with van der Waals surface area (Å²) in [4.78, 5) is 57.9. The molecule has 1 aromatic heterocycles. The van der Waals surface area contributed by atoms with Crippen LogP contribution in [0.4, 0.5) is 21.5 Å². The van der Waals surface area contributed by atoms with Crippen molar-refractivity contribution < 1.29 is 28.3 Å². The molecule has 5 heterocycles. The van der Waals surface area contributed by atoms with Gasteiger partial charge in [-0.05, 0) is 43.4 Å². The number of benzene rings is 2. The first-order chi connectivity index (χ1) is 23.1. The SMILES string of the molecule is COc1cc(N2CCC(CN3CCN(c4cc5c(cc4F)C(=O)N(C4CCC(=O)NC4=O)C5=O)CC3)CC2)c(-c2cnn(C)c2)cc1N. The van der Waals surface area contributed by atoms with Gasteiger partial charge in [-0.3, -0.25) is 39.0 Å². The van der Waals surface area contributed by atoms with Crippen LogP contribution in [0.1, 0.15) is 46.4 Å². The highest BCUT2D eigenvalue weighted by atomic mass is 19.1. The number of nitrogens with one attached hydrogen (secondary N) is 1. The van der Waals surface area contributed by atoms with Gasteiger partial charge >= 0.3 is 0 Å². The summed E-state index contributed by atoms with van der Waals surface area (Å²) < 4.78 is 22.7. The Hall–Kier alpha value is -4.98. The number of piperazine rings is 1. The molecule has 3 aromatic rings. The van der Waals surface area contributed by atoms with E-state index in [0.717, 1.165) is 73.3 Å². The van der Waals surface area contributed by atoms with Gasteiger partial charge in [0.25, 0.3) is 11.8 Å². The molecule has 4 aliphatic heterocycles. The first-order valence-electron chi connectivity index (χ1n) is 16.3. The Morgan fingerprint density at radius 2 is 1.58 bits per heavy atom. The largest absolute Gasteiger partial charge is 0.495 e.